The van der Waals surface area contributed by atoms with E-state index in [-0.39, 0.29) is 23.8 Å². The molecular formula is C20H23F3N2O7S. The van der Waals surface area contributed by atoms with E-state index in [9.17, 15) is 26.4 Å². The van der Waals surface area contributed by atoms with Crippen LogP contribution in [0.25, 0.3) is 10.9 Å². The molecule has 33 heavy (non-hydrogen) atoms. The molecule has 0 aliphatic carbocycles. The maximum absolute atomic E-state index is 12.8. The van der Waals surface area contributed by atoms with Crippen molar-refractivity contribution in [2.24, 2.45) is 0 Å². The summed E-state index contributed by atoms with van der Waals surface area (Å²) in [6.07, 6.45) is -1.33. The van der Waals surface area contributed by atoms with Crippen molar-refractivity contribution in [3.8, 4) is 0 Å². The fourth-order valence-corrected chi connectivity index (χ4v) is 4.76. The monoisotopic (exact) mass is 492 g/mol. The van der Waals surface area contributed by atoms with Crippen LogP contribution in [0.4, 0.5) is 13.2 Å². The number of carbonyl (C=O) groups excluding carboxylic acids is 1. The number of aromatic nitrogens is 1. The number of esters is 1. The summed E-state index contributed by atoms with van der Waals surface area (Å²) in [5.74, 6) is -3.23. The van der Waals surface area contributed by atoms with Gasteiger partial charge < -0.3 is 14.6 Å². The second-order valence-corrected chi connectivity index (χ2v) is 9.79. The van der Waals surface area contributed by atoms with Crippen LogP contribution in [0.5, 0.6) is 0 Å². The van der Waals surface area contributed by atoms with Crippen molar-refractivity contribution in [3.63, 3.8) is 0 Å². The number of aliphatic carboxylic acids is 1. The van der Waals surface area contributed by atoms with Crippen LogP contribution >= 0.6 is 0 Å². The van der Waals surface area contributed by atoms with E-state index in [1.807, 2.05) is 0 Å². The molecule has 2 aliphatic rings. The van der Waals surface area contributed by atoms with Gasteiger partial charge in [0.2, 0.25) is 10.0 Å². The molecule has 0 saturated carbocycles. The number of piperidine rings is 1. The van der Waals surface area contributed by atoms with Gasteiger partial charge in [-0.15, -0.1) is 0 Å². The van der Waals surface area contributed by atoms with Gasteiger partial charge in [-0.2, -0.15) is 13.2 Å². The molecule has 4 rings (SSSR count). The molecule has 1 N–H and O–H groups in total. The quantitative estimate of drug-likeness (QED) is 0.648. The second-order valence-electron chi connectivity index (χ2n) is 7.93. The van der Waals surface area contributed by atoms with Crippen molar-refractivity contribution in [2.45, 2.75) is 37.2 Å². The maximum Gasteiger partial charge on any atom is 0.490 e. The zero-order valence-corrected chi connectivity index (χ0v) is 18.6. The Morgan fingerprint density at radius 2 is 1.70 bits per heavy atom. The fraction of sp³-hybridized carbons (Fsp3) is 0.500. The molecule has 0 amide bonds. The van der Waals surface area contributed by atoms with Crippen LogP contribution in [-0.4, -0.2) is 85.2 Å². The van der Waals surface area contributed by atoms with E-state index in [4.69, 9.17) is 19.4 Å². The van der Waals surface area contributed by atoms with Gasteiger partial charge in [0, 0.05) is 36.5 Å². The highest BCUT2D eigenvalue weighted by atomic mass is 32.2. The van der Waals surface area contributed by atoms with Crippen LogP contribution in [0.1, 0.15) is 23.2 Å². The smallest absolute Gasteiger partial charge is 0.475 e. The number of rotatable bonds is 3. The van der Waals surface area contributed by atoms with E-state index in [2.05, 4.69) is 11.9 Å². The van der Waals surface area contributed by atoms with E-state index >= 15 is 0 Å². The molecule has 3 heterocycles. The summed E-state index contributed by atoms with van der Waals surface area (Å²) < 4.78 is 68.3. The number of alkyl halides is 3. The molecular weight excluding hydrogens is 469 g/mol. The minimum absolute atomic E-state index is 0.182. The average Bonchev–Trinajstić information content (AvgIpc) is 3.09. The summed E-state index contributed by atoms with van der Waals surface area (Å²) in [4.78, 5) is 24.0. The van der Waals surface area contributed by atoms with E-state index in [0.717, 1.165) is 23.1 Å². The van der Waals surface area contributed by atoms with Crippen molar-refractivity contribution in [1.82, 2.24) is 8.87 Å². The minimum Gasteiger partial charge on any atom is -0.475 e. The fourth-order valence-electron chi connectivity index (χ4n) is 3.94. The molecule has 182 valence electrons. The second kappa shape index (κ2) is 9.31. The number of benzene rings is 1. The topological polar surface area (TPSA) is 115 Å². The number of carboxylic acid groups (broad SMARTS) is 1. The number of ether oxygens (including phenoxy) is 2. The number of halogens is 3. The van der Waals surface area contributed by atoms with Gasteiger partial charge in [0.05, 0.1) is 30.5 Å². The Bertz CT molecular complexity index is 1130. The minimum atomic E-state index is -5.08. The van der Waals surface area contributed by atoms with Gasteiger partial charge in [0.1, 0.15) is 6.10 Å². The van der Waals surface area contributed by atoms with Gasteiger partial charge in [-0.25, -0.2) is 22.0 Å². The summed E-state index contributed by atoms with van der Waals surface area (Å²) in [7, 11) is -1.43. The Hall–Kier alpha value is -2.64. The number of fused-ring (bicyclic) bond motifs is 3. The van der Waals surface area contributed by atoms with Gasteiger partial charge >= 0.3 is 18.1 Å². The number of morpholine rings is 1. The van der Waals surface area contributed by atoms with Gasteiger partial charge in [-0.3, -0.25) is 4.90 Å². The number of nitrogens with zero attached hydrogens (tertiary/aromatic N) is 2. The van der Waals surface area contributed by atoms with Crippen LogP contribution in [0, 0.1) is 0 Å². The highest BCUT2D eigenvalue weighted by Gasteiger charge is 2.39. The number of carbonyl (C=O) groups is 2. The van der Waals surface area contributed by atoms with Gasteiger partial charge in [-0.1, -0.05) is 18.2 Å². The Morgan fingerprint density at radius 3 is 2.21 bits per heavy atom. The molecule has 2 bridgehead atoms. The van der Waals surface area contributed by atoms with Crippen molar-refractivity contribution in [2.75, 3.05) is 26.5 Å². The predicted octanol–water partition coefficient (Wildman–Crippen LogP) is 2.10. The molecule has 2 aromatic rings. The third kappa shape index (κ3) is 5.65. The largest absolute Gasteiger partial charge is 0.490 e. The Balaban J connectivity index is 0.000000383. The van der Waals surface area contributed by atoms with Gasteiger partial charge in [0.15, 0.2) is 0 Å². The number of hydrogen-bond acceptors (Lipinski definition) is 7. The molecule has 13 heteroatoms. The Morgan fingerprint density at radius 1 is 1.15 bits per heavy atom. The van der Waals surface area contributed by atoms with Gasteiger partial charge in [-0.05, 0) is 13.1 Å². The Labute approximate surface area is 187 Å². The van der Waals surface area contributed by atoms with Crippen molar-refractivity contribution >= 4 is 32.9 Å². The first-order valence-corrected chi connectivity index (χ1v) is 11.7. The zero-order valence-electron chi connectivity index (χ0n) is 17.8. The highest BCUT2D eigenvalue weighted by Crippen LogP contribution is 2.30. The zero-order chi connectivity index (χ0) is 24.6. The lowest BCUT2D eigenvalue weighted by Gasteiger charge is -2.46. The first-order valence-electron chi connectivity index (χ1n) is 9.90. The summed E-state index contributed by atoms with van der Waals surface area (Å²) in [6.45, 7) is 1.29. The van der Waals surface area contributed by atoms with Crippen molar-refractivity contribution in [1.29, 1.82) is 0 Å². The first kappa shape index (κ1) is 25.0. The average molecular weight is 492 g/mol. The maximum atomic E-state index is 12.8. The number of para-hydroxylation sites is 1. The molecule has 0 spiro atoms. The number of carboxylic acids is 1. The Kier molecular flexibility index (Phi) is 7.05. The van der Waals surface area contributed by atoms with Crippen LogP contribution < -0.4 is 0 Å². The van der Waals surface area contributed by atoms with Crippen LogP contribution in [0.3, 0.4) is 0 Å². The van der Waals surface area contributed by atoms with Crippen molar-refractivity contribution < 1.29 is 45.8 Å². The van der Waals surface area contributed by atoms with E-state index < -0.39 is 28.1 Å². The highest BCUT2D eigenvalue weighted by molar-refractivity contribution is 7.89. The summed E-state index contributed by atoms with van der Waals surface area (Å²) >= 11 is 0. The number of likely N-dealkylation sites (N-methyl/N-ethyl adjacent to an activating group) is 1. The van der Waals surface area contributed by atoms with Crippen LogP contribution in [0.2, 0.25) is 0 Å². The predicted molar refractivity (Wildman–Crippen MR) is 110 cm³/mol. The van der Waals surface area contributed by atoms with Crippen LogP contribution in [0.15, 0.2) is 30.5 Å². The molecule has 9 nitrogen and oxygen atoms in total. The lowest BCUT2D eigenvalue weighted by molar-refractivity contribution is -0.192. The third-order valence-electron chi connectivity index (χ3n) is 5.61. The lowest BCUT2D eigenvalue weighted by atomic mass is 9.92. The molecule has 1 aromatic carbocycles. The lowest BCUT2D eigenvalue weighted by Crippen LogP contribution is -2.56. The molecule has 1 aromatic heterocycles. The number of hydrogen-bond donors (Lipinski definition) is 1. The molecule has 0 radical (unpaired) electrons. The molecule has 0 unspecified atom stereocenters. The SMILES string of the molecule is CN1[C@@H]2COC[C@H]1C[C@@H](OC(=O)c1cn(S(C)(=O)=O)c3ccccc13)C2.O=C(O)C(F)(F)F. The standard InChI is InChI=1S/C18H22N2O5S.C2HF3O2/c1-19-12-7-14(8-13(19)11-24-10-12)25-18(21)16-9-20(26(2,22)23)17-6-4-3-5-15(16)17;3-2(4,5)1(6)7/h3-6,9,12-14H,7-8,10-11H2,1-2H3;(H,6,7)/t12-,13+,14-;. The van der Waals surface area contributed by atoms with E-state index in [1.165, 1.54) is 6.20 Å². The molecule has 2 aliphatic heterocycles. The van der Waals surface area contributed by atoms with Crippen LogP contribution in [-0.2, 0) is 24.3 Å². The third-order valence-corrected chi connectivity index (χ3v) is 6.63. The first-order chi connectivity index (χ1) is 15.3. The van der Waals surface area contributed by atoms with E-state index in [0.29, 0.717) is 24.1 Å². The van der Waals surface area contributed by atoms with Gasteiger partial charge in [0.25, 0.3) is 0 Å². The van der Waals surface area contributed by atoms with Crippen molar-refractivity contribution in [3.05, 3.63) is 36.0 Å². The summed E-state index contributed by atoms with van der Waals surface area (Å²) in [5.41, 5.74) is 0.766. The summed E-state index contributed by atoms with van der Waals surface area (Å²) in [5, 5.41) is 7.71. The normalized spacial score (nSPS) is 23.5. The molecule has 2 fully saturated rings. The summed E-state index contributed by atoms with van der Waals surface area (Å²) in [6, 6.07) is 7.45. The van der Waals surface area contributed by atoms with E-state index in [1.54, 1.807) is 24.3 Å². The molecule has 3 atom stereocenters. The molecule has 2 saturated heterocycles.